The number of rotatable bonds is 3. The molecule has 0 aliphatic heterocycles. The summed E-state index contributed by atoms with van der Waals surface area (Å²) in [5.41, 5.74) is 5.19. The Bertz CT molecular complexity index is 1030. The van der Waals surface area contributed by atoms with E-state index in [1.54, 1.807) is 6.07 Å². The van der Waals surface area contributed by atoms with Crippen LogP contribution >= 0.6 is 0 Å². The van der Waals surface area contributed by atoms with Gasteiger partial charge in [-0.1, -0.05) is 29.8 Å². The molecule has 0 saturated carbocycles. The van der Waals surface area contributed by atoms with Gasteiger partial charge >= 0.3 is 11.6 Å². The molecule has 0 saturated heterocycles. The van der Waals surface area contributed by atoms with Crippen LogP contribution in [0.2, 0.25) is 0 Å². The zero-order valence-corrected chi connectivity index (χ0v) is 14.8. The van der Waals surface area contributed by atoms with Crippen LogP contribution in [-0.2, 0) is 11.3 Å². The average Bonchev–Trinajstić information content (AvgIpc) is 2.56. The highest BCUT2D eigenvalue weighted by molar-refractivity contribution is 5.91. The van der Waals surface area contributed by atoms with Gasteiger partial charge in [-0.3, -0.25) is 0 Å². The summed E-state index contributed by atoms with van der Waals surface area (Å²) in [5, 5.41) is 0.788. The molecule has 0 atom stereocenters. The average molecular weight is 336 g/mol. The Kier molecular flexibility index (Phi) is 4.45. The van der Waals surface area contributed by atoms with Gasteiger partial charge in [-0.2, -0.15) is 0 Å². The third-order valence-electron chi connectivity index (χ3n) is 4.48. The van der Waals surface area contributed by atoms with Crippen molar-refractivity contribution < 1.29 is 13.9 Å². The lowest BCUT2D eigenvalue weighted by molar-refractivity contribution is 0.0473. The summed E-state index contributed by atoms with van der Waals surface area (Å²) in [6, 6.07) is 10.8. The van der Waals surface area contributed by atoms with Crippen LogP contribution in [0.1, 0.15) is 38.2 Å². The molecule has 0 amide bonds. The molecular formula is C21H20O4. The van der Waals surface area contributed by atoms with Crippen molar-refractivity contribution >= 4 is 16.9 Å². The number of carbonyl (C=O) groups excluding carboxylic acids is 1. The second kappa shape index (κ2) is 6.55. The van der Waals surface area contributed by atoms with E-state index in [4.69, 9.17) is 9.15 Å². The Morgan fingerprint density at radius 2 is 1.76 bits per heavy atom. The van der Waals surface area contributed by atoms with Crippen molar-refractivity contribution in [2.75, 3.05) is 0 Å². The van der Waals surface area contributed by atoms with E-state index in [9.17, 15) is 9.59 Å². The third-order valence-corrected chi connectivity index (χ3v) is 4.48. The molecule has 128 valence electrons. The minimum atomic E-state index is -0.446. The van der Waals surface area contributed by atoms with E-state index in [0.717, 1.165) is 27.6 Å². The first-order chi connectivity index (χ1) is 11.9. The van der Waals surface area contributed by atoms with E-state index >= 15 is 0 Å². The number of fused-ring (bicyclic) bond motifs is 1. The van der Waals surface area contributed by atoms with Gasteiger partial charge in [-0.25, -0.2) is 9.59 Å². The molecule has 3 aromatic rings. The first-order valence-corrected chi connectivity index (χ1v) is 8.14. The maximum atomic E-state index is 12.4. The fourth-order valence-electron chi connectivity index (χ4n) is 2.91. The van der Waals surface area contributed by atoms with E-state index in [0.29, 0.717) is 16.7 Å². The first-order valence-electron chi connectivity index (χ1n) is 8.14. The van der Waals surface area contributed by atoms with E-state index in [-0.39, 0.29) is 6.61 Å². The molecule has 2 aromatic carbocycles. The summed E-state index contributed by atoms with van der Waals surface area (Å²) in [4.78, 5) is 24.2. The number of hydrogen-bond acceptors (Lipinski definition) is 4. The van der Waals surface area contributed by atoms with Crippen molar-refractivity contribution in [1.29, 1.82) is 0 Å². The highest BCUT2D eigenvalue weighted by Crippen LogP contribution is 2.24. The molecule has 4 heteroatoms. The van der Waals surface area contributed by atoms with Gasteiger partial charge in [-0.05, 0) is 50.5 Å². The number of benzene rings is 2. The molecule has 1 heterocycles. The van der Waals surface area contributed by atoms with Gasteiger partial charge in [-0.15, -0.1) is 0 Å². The normalized spacial score (nSPS) is 10.9. The van der Waals surface area contributed by atoms with Gasteiger partial charge in [0, 0.05) is 17.0 Å². The van der Waals surface area contributed by atoms with Gasteiger partial charge in [0.25, 0.3) is 0 Å². The zero-order chi connectivity index (χ0) is 18.1. The van der Waals surface area contributed by atoms with Crippen molar-refractivity contribution in [3.63, 3.8) is 0 Å². The highest BCUT2D eigenvalue weighted by atomic mass is 16.5. The molecule has 0 spiro atoms. The van der Waals surface area contributed by atoms with Crippen molar-refractivity contribution in [3.8, 4) is 0 Å². The quantitative estimate of drug-likeness (QED) is 0.526. The first kappa shape index (κ1) is 17.0. The Hall–Kier alpha value is -2.88. The molecule has 3 rings (SSSR count). The molecule has 0 radical (unpaired) electrons. The summed E-state index contributed by atoms with van der Waals surface area (Å²) < 4.78 is 10.8. The van der Waals surface area contributed by atoms with Gasteiger partial charge in [0.05, 0.1) is 5.56 Å². The van der Waals surface area contributed by atoms with Crippen LogP contribution in [0.25, 0.3) is 11.0 Å². The third kappa shape index (κ3) is 3.33. The molecule has 1 aromatic heterocycles. The second-order valence-corrected chi connectivity index (χ2v) is 6.37. The predicted molar refractivity (Wildman–Crippen MR) is 97.0 cm³/mol. The fraction of sp³-hybridized carbons (Fsp3) is 0.238. The summed E-state index contributed by atoms with van der Waals surface area (Å²) in [5.74, 6) is -0.400. The maximum Gasteiger partial charge on any atom is 0.338 e. The predicted octanol–water partition coefficient (Wildman–Crippen LogP) is 4.38. The van der Waals surface area contributed by atoms with Crippen LogP contribution in [0.15, 0.2) is 45.6 Å². The van der Waals surface area contributed by atoms with Gasteiger partial charge in [0.15, 0.2) is 0 Å². The SMILES string of the molecule is Cc1ccc(C(=O)OCc2cc(=O)oc3c(C)c(C)ccc23)c(C)c1. The van der Waals surface area contributed by atoms with Crippen molar-refractivity contribution in [1.82, 2.24) is 0 Å². The Morgan fingerprint density at radius 1 is 1.00 bits per heavy atom. The van der Waals surface area contributed by atoms with Crippen molar-refractivity contribution in [2.24, 2.45) is 0 Å². The molecule has 0 aliphatic rings. The molecular weight excluding hydrogens is 316 g/mol. The summed E-state index contributed by atoms with van der Waals surface area (Å²) in [6.45, 7) is 7.74. The number of carbonyl (C=O) groups is 1. The van der Waals surface area contributed by atoms with Gasteiger partial charge < -0.3 is 9.15 Å². The largest absolute Gasteiger partial charge is 0.457 e. The number of esters is 1. The minimum absolute atomic E-state index is 0.0246. The molecule has 4 nitrogen and oxygen atoms in total. The standard InChI is InChI=1S/C21H20O4/c1-12-5-7-17(14(3)9-12)21(23)24-11-16-10-19(22)25-20-15(4)13(2)6-8-18(16)20/h5-10H,11H2,1-4H3. The van der Waals surface area contributed by atoms with Gasteiger partial charge in [0.1, 0.15) is 12.2 Å². The summed E-state index contributed by atoms with van der Waals surface area (Å²) >= 11 is 0. The lowest BCUT2D eigenvalue weighted by atomic mass is 10.0. The second-order valence-electron chi connectivity index (χ2n) is 6.37. The molecule has 0 aliphatic carbocycles. The van der Waals surface area contributed by atoms with Crippen LogP contribution in [0.4, 0.5) is 0 Å². The minimum Gasteiger partial charge on any atom is -0.457 e. The van der Waals surface area contributed by atoms with Crippen LogP contribution in [0.3, 0.4) is 0 Å². The Morgan fingerprint density at radius 3 is 2.48 bits per heavy atom. The lowest BCUT2D eigenvalue weighted by Crippen LogP contribution is -2.09. The lowest BCUT2D eigenvalue weighted by Gasteiger charge is -2.11. The van der Waals surface area contributed by atoms with E-state index in [1.165, 1.54) is 6.07 Å². The number of ether oxygens (including phenoxy) is 1. The van der Waals surface area contributed by atoms with Crippen LogP contribution in [0, 0.1) is 27.7 Å². The fourth-order valence-corrected chi connectivity index (χ4v) is 2.91. The van der Waals surface area contributed by atoms with Crippen LogP contribution in [0.5, 0.6) is 0 Å². The van der Waals surface area contributed by atoms with E-state index in [2.05, 4.69) is 0 Å². The number of aryl methyl sites for hydroxylation is 4. The van der Waals surface area contributed by atoms with Crippen LogP contribution < -0.4 is 5.63 Å². The Balaban J connectivity index is 1.92. The van der Waals surface area contributed by atoms with Crippen molar-refractivity contribution in [3.05, 3.63) is 80.2 Å². The number of hydrogen-bond donors (Lipinski definition) is 0. The Labute approximate surface area is 146 Å². The topological polar surface area (TPSA) is 56.5 Å². The molecule has 0 unspecified atom stereocenters. The molecule has 0 N–H and O–H groups in total. The van der Waals surface area contributed by atoms with Crippen LogP contribution in [-0.4, -0.2) is 5.97 Å². The smallest absolute Gasteiger partial charge is 0.338 e. The van der Waals surface area contributed by atoms with Gasteiger partial charge in [0.2, 0.25) is 0 Å². The summed E-state index contributed by atoms with van der Waals surface area (Å²) in [7, 11) is 0. The van der Waals surface area contributed by atoms with E-state index < -0.39 is 11.6 Å². The summed E-state index contributed by atoms with van der Waals surface area (Å²) in [6.07, 6.45) is 0. The maximum absolute atomic E-state index is 12.4. The van der Waals surface area contributed by atoms with Crippen molar-refractivity contribution in [2.45, 2.75) is 34.3 Å². The molecule has 0 bridgehead atoms. The van der Waals surface area contributed by atoms with E-state index in [1.807, 2.05) is 52.0 Å². The highest BCUT2D eigenvalue weighted by Gasteiger charge is 2.14. The molecule has 25 heavy (non-hydrogen) atoms. The molecule has 0 fully saturated rings. The zero-order valence-electron chi connectivity index (χ0n) is 14.8. The monoisotopic (exact) mass is 336 g/mol.